The molecule has 0 radical (unpaired) electrons. The highest BCUT2D eigenvalue weighted by atomic mass is 15.0. The van der Waals surface area contributed by atoms with Crippen LogP contribution in [0.5, 0.6) is 0 Å². The lowest BCUT2D eigenvalue weighted by molar-refractivity contribution is 0.439. The summed E-state index contributed by atoms with van der Waals surface area (Å²) in [5, 5.41) is 7.00. The summed E-state index contributed by atoms with van der Waals surface area (Å²) in [5.41, 5.74) is 2.87. The van der Waals surface area contributed by atoms with Crippen LogP contribution in [0.15, 0.2) is 24.3 Å². The summed E-state index contributed by atoms with van der Waals surface area (Å²) in [6, 6.07) is 9.33. The van der Waals surface area contributed by atoms with Crippen molar-refractivity contribution in [2.75, 3.05) is 18.4 Å². The fraction of sp³-hybridized carbons (Fsp3) is 0.538. The third-order valence-electron chi connectivity index (χ3n) is 3.18. The molecule has 1 aromatic carbocycles. The van der Waals surface area contributed by atoms with Gasteiger partial charge < -0.3 is 10.6 Å². The summed E-state index contributed by atoms with van der Waals surface area (Å²) in [6.45, 7) is 6.27. The zero-order chi connectivity index (χ0) is 10.7. The van der Waals surface area contributed by atoms with Crippen LogP contribution in [0, 0.1) is 0 Å². The van der Waals surface area contributed by atoms with E-state index in [0.717, 1.165) is 19.0 Å². The number of hydrogen-bond donors (Lipinski definition) is 2. The topological polar surface area (TPSA) is 24.1 Å². The largest absolute Gasteiger partial charge is 0.380 e. The zero-order valence-electron chi connectivity index (χ0n) is 9.59. The molecule has 1 aromatic rings. The van der Waals surface area contributed by atoms with Gasteiger partial charge in [-0.15, -0.1) is 0 Å². The van der Waals surface area contributed by atoms with E-state index in [1.54, 1.807) is 0 Å². The summed E-state index contributed by atoms with van der Waals surface area (Å²) in [7, 11) is 0. The van der Waals surface area contributed by atoms with Gasteiger partial charge >= 0.3 is 0 Å². The molecule has 1 saturated heterocycles. The van der Waals surface area contributed by atoms with Crippen LogP contribution in [-0.4, -0.2) is 19.1 Å². The molecule has 2 N–H and O–H groups in total. The molecule has 82 valence electrons. The average Bonchev–Trinajstić information content (AvgIpc) is 2.70. The van der Waals surface area contributed by atoms with Gasteiger partial charge in [-0.2, -0.15) is 0 Å². The molecule has 2 nitrogen and oxygen atoms in total. The minimum absolute atomic E-state index is 0.631. The number of fused-ring (bicyclic) bond motifs is 3. The molecule has 0 saturated carbocycles. The SMILES string of the molecule is CC.c1ccc2c(c1)NC1CNCCC21. The van der Waals surface area contributed by atoms with Crippen molar-refractivity contribution < 1.29 is 0 Å². The summed E-state index contributed by atoms with van der Waals surface area (Å²) in [6.07, 6.45) is 1.27. The van der Waals surface area contributed by atoms with Crippen molar-refractivity contribution in [2.24, 2.45) is 0 Å². The quantitative estimate of drug-likeness (QED) is 0.678. The lowest BCUT2D eigenvalue weighted by Gasteiger charge is -2.26. The van der Waals surface area contributed by atoms with E-state index in [-0.39, 0.29) is 0 Å². The molecule has 2 atom stereocenters. The number of benzene rings is 1. The Balaban J connectivity index is 0.000000404. The molecule has 15 heavy (non-hydrogen) atoms. The van der Waals surface area contributed by atoms with E-state index in [9.17, 15) is 0 Å². The van der Waals surface area contributed by atoms with Gasteiger partial charge in [0.05, 0.1) is 0 Å². The molecule has 0 aliphatic carbocycles. The molecule has 2 heterocycles. The van der Waals surface area contributed by atoms with Crippen molar-refractivity contribution in [1.29, 1.82) is 0 Å². The second-order valence-electron chi connectivity index (χ2n) is 3.94. The van der Waals surface area contributed by atoms with Gasteiger partial charge in [-0.25, -0.2) is 0 Å². The molecular formula is C13H20N2. The third-order valence-corrected chi connectivity index (χ3v) is 3.18. The Hall–Kier alpha value is -1.02. The van der Waals surface area contributed by atoms with E-state index in [1.165, 1.54) is 17.7 Å². The van der Waals surface area contributed by atoms with Gasteiger partial charge in [-0.1, -0.05) is 32.0 Å². The van der Waals surface area contributed by atoms with E-state index in [2.05, 4.69) is 34.9 Å². The summed E-state index contributed by atoms with van der Waals surface area (Å²) >= 11 is 0. The highest BCUT2D eigenvalue weighted by Gasteiger charge is 2.33. The van der Waals surface area contributed by atoms with Gasteiger partial charge in [0.1, 0.15) is 0 Å². The first-order valence-electron chi connectivity index (χ1n) is 6.01. The Kier molecular flexibility index (Phi) is 3.27. The van der Waals surface area contributed by atoms with E-state index in [0.29, 0.717) is 6.04 Å². The number of nitrogens with one attached hydrogen (secondary N) is 2. The van der Waals surface area contributed by atoms with Crippen LogP contribution < -0.4 is 10.6 Å². The maximum atomic E-state index is 3.57. The number of piperidine rings is 1. The highest BCUT2D eigenvalue weighted by molar-refractivity contribution is 5.59. The van der Waals surface area contributed by atoms with Gasteiger partial charge in [0.2, 0.25) is 0 Å². The molecule has 3 rings (SSSR count). The fourth-order valence-electron chi connectivity index (χ4n) is 2.53. The highest BCUT2D eigenvalue weighted by Crippen LogP contribution is 2.38. The van der Waals surface area contributed by atoms with Crippen LogP contribution >= 0.6 is 0 Å². The smallest absolute Gasteiger partial charge is 0.0455 e. The van der Waals surface area contributed by atoms with Crippen LogP contribution in [-0.2, 0) is 0 Å². The lowest BCUT2D eigenvalue weighted by Crippen LogP contribution is -2.40. The van der Waals surface area contributed by atoms with Crippen LogP contribution in [0.1, 0.15) is 31.7 Å². The van der Waals surface area contributed by atoms with Crippen molar-refractivity contribution in [1.82, 2.24) is 5.32 Å². The third kappa shape index (κ3) is 1.86. The number of para-hydroxylation sites is 1. The first kappa shape index (κ1) is 10.5. The summed E-state index contributed by atoms with van der Waals surface area (Å²) in [4.78, 5) is 0. The Morgan fingerprint density at radius 3 is 2.87 bits per heavy atom. The summed E-state index contributed by atoms with van der Waals surface area (Å²) < 4.78 is 0. The zero-order valence-corrected chi connectivity index (χ0v) is 9.59. The van der Waals surface area contributed by atoms with Gasteiger partial charge in [-0.05, 0) is 24.6 Å². The molecule has 0 amide bonds. The molecule has 1 fully saturated rings. The van der Waals surface area contributed by atoms with Gasteiger partial charge in [0, 0.05) is 24.2 Å². The van der Waals surface area contributed by atoms with Crippen molar-refractivity contribution >= 4 is 5.69 Å². The lowest BCUT2D eigenvalue weighted by atomic mass is 9.89. The summed E-state index contributed by atoms with van der Waals surface area (Å²) in [5.74, 6) is 0.748. The molecule has 0 bridgehead atoms. The van der Waals surface area contributed by atoms with Crippen LogP contribution in [0.3, 0.4) is 0 Å². The van der Waals surface area contributed by atoms with E-state index < -0.39 is 0 Å². The van der Waals surface area contributed by atoms with E-state index in [4.69, 9.17) is 0 Å². The molecule has 2 unspecified atom stereocenters. The van der Waals surface area contributed by atoms with Gasteiger partial charge in [0.25, 0.3) is 0 Å². The predicted octanol–water partition coefficient (Wildman–Crippen LogP) is 2.58. The molecule has 2 heteroatoms. The van der Waals surface area contributed by atoms with E-state index >= 15 is 0 Å². The van der Waals surface area contributed by atoms with E-state index in [1.807, 2.05) is 13.8 Å². The van der Waals surface area contributed by atoms with Crippen LogP contribution in [0.4, 0.5) is 5.69 Å². The minimum Gasteiger partial charge on any atom is -0.380 e. The molecule has 0 spiro atoms. The average molecular weight is 204 g/mol. The molecule has 2 aliphatic rings. The fourth-order valence-corrected chi connectivity index (χ4v) is 2.53. The molecule has 2 aliphatic heterocycles. The Bertz CT molecular complexity index is 322. The Morgan fingerprint density at radius 1 is 1.20 bits per heavy atom. The predicted molar refractivity (Wildman–Crippen MR) is 65.4 cm³/mol. The second-order valence-corrected chi connectivity index (χ2v) is 3.94. The minimum atomic E-state index is 0.631. The Labute approximate surface area is 92.1 Å². The number of anilines is 1. The van der Waals surface area contributed by atoms with Gasteiger partial charge in [-0.3, -0.25) is 0 Å². The first-order valence-corrected chi connectivity index (χ1v) is 6.01. The Morgan fingerprint density at radius 2 is 2.00 bits per heavy atom. The van der Waals surface area contributed by atoms with Crippen molar-refractivity contribution in [2.45, 2.75) is 32.2 Å². The number of rotatable bonds is 0. The normalized spacial score (nSPS) is 26.8. The standard InChI is InChI=1S/C11H14N2.C2H6/c1-2-4-10-8(3-1)9-5-6-12-7-11(9)13-10;1-2/h1-4,9,11-13H,5-7H2;1-2H3. The second kappa shape index (κ2) is 4.67. The van der Waals surface area contributed by atoms with Crippen molar-refractivity contribution in [3.63, 3.8) is 0 Å². The first-order chi connectivity index (χ1) is 7.45. The van der Waals surface area contributed by atoms with Crippen molar-refractivity contribution in [3.8, 4) is 0 Å². The van der Waals surface area contributed by atoms with Crippen molar-refractivity contribution in [3.05, 3.63) is 29.8 Å². The molecule has 0 aromatic heterocycles. The van der Waals surface area contributed by atoms with Crippen LogP contribution in [0.2, 0.25) is 0 Å². The van der Waals surface area contributed by atoms with Crippen LogP contribution in [0.25, 0.3) is 0 Å². The monoisotopic (exact) mass is 204 g/mol. The molecular weight excluding hydrogens is 184 g/mol. The maximum Gasteiger partial charge on any atom is 0.0455 e. The van der Waals surface area contributed by atoms with Gasteiger partial charge in [0.15, 0.2) is 0 Å². The maximum absolute atomic E-state index is 3.57. The number of hydrogen-bond acceptors (Lipinski definition) is 2.